The van der Waals surface area contributed by atoms with Gasteiger partial charge in [0, 0.05) is 22.7 Å². The molecule has 0 spiro atoms. The molecule has 1 aliphatic heterocycles. The van der Waals surface area contributed by atoms with E-state index in [1.54, 1.807) is 54.6 Å². The summed E-state index contributed by atoms with van der Waals surface area (Å²) in [6.45, 7) is 0.464. The molecule has 4 rings (SSSR count). The maximum absolute atomic E-state index is 12.8. The number of rotatable bonds is 4. The van der Waals surface area contributed by atoms with Gasteiger partial charge in [0.1, 0.15) is 0 Å². The highest BCUT2D eigenvalue weighted by molar-refractivity contribution is 6.35. The van der Waals surface area contributed by atoms with E-state index in [1.807, 2.05) is 17.0 Å². The number of aromatic nitrogens is 1. The van der Waals surface area contributed by atoms with Crippen molar-refractivity contribution in [1.82, 2.24) is 10.6 Å². The zero-order valence-electron chi connectivity index (χ0n) is 15.0. The fourth-order valence-electron chi connectivity index (χ4n) is 3.41. The van der Waals surface area contributed by atoms with Crippen molar-refractivity contribution in [3.8, 4) is 0 Å². The lowest BCUT2D eigenvalue weighted by Gasteiger charge is -2.26. The Morgan fingerprint density at radius 3 is 1.97 bits per heavy atom. The minimum atomic E-state index is -1.33. The zero-order chi connectivity index (χ0) is 20.6. The molecule has 2 N–H and O–H groups in total. The molecule has 1 unspecified atom stereocenters. The van der Waals surface area contributed by atoms with Crippen molar-refractivity contribution in [2.45, 2.75) is 12.1 Å². The molecule has 146 valence electrons. The number of halogens is 3. The maximum Gasteiger partial charge on any atom is 0.322 e. The lowest BCUT2D eigenvalue weighted by molar-refractivity contribution is -0.688. The van der Waals surface area contributed by atoms with Gasteiger partial charge in [-0.1, -0.05) is 53.0 Å². The number of benzene rings is 2. The number of carbonyl (C=O) groups is 2. The van der Waals surface area contributed by atoms with E-state index in [0.717, 1.165) is 5.56 Å². The largest absolute Gasteiger partial charge is 0.322 e. The summed E-state index contributed by atoms with van der Waals surface area (Å²) in [6.07, 6.45) is 3.62. The molecular formula is C21H15Cl3N3O2+. The molecule has 3 aromatic rings. The van der Waals surface area contributed by atoms with Gasteiger partial charge in [-0.05, 0) is 29.8 Å². The number of carbonyl (C=O) groups excluding carboxylic acids is 2. The Balaban J connectivity index is 1.72. The van der Waals surface area contributed by atoms with E-state index >= 15 is 0 Å². The van der Waals surface area contributed by atoms with Crippen molar-refractivity contribution in [1.29, 1.82) is 0 Å². The molecule has 29 heavy (non-hydrogen) atoms. The first-order chi connectivity index (χ1) is 13.9. The average molecular weight is 448 g/mol. The first-order valence-electron chi connectivity index (χ1n) is 8.72. The van der Waals surface area contributed by atoms with Crippen molar-refractivity contribution in [2.75, 3.05) is 0 Å². The summed E-state index contributed by atoms with van der Waals surface area (Å²) in [5.74, 6) is -0.447. The molecule has 1 saturated heterocycles. The summed E-state index contributed by atoms with van der Waals surface area (Å²) in [6, 6.07) is 15.2. The summed E-state index contributed by atoms with van der Waals surface area (Å²) in [7, 11) is 0. The molecule has 0 bridgehead atoms. The van der Waals surface area contributed by atoms with Crippen LogP contribution in [0.5, 0.6) is 0 Å². The SMILES string of the molecule is O=C1NC(=O)C(c2ccc(Cl)cc2)(c2cc[n+](Cc3c(Cl)cccc3Cl)cc2)N1. The van der Waals surface area contributed by atoms with Crippen molar-refractivity contribution >= 4 is 46.7 Å². The Labute approximate surface area is 182 Å². The van der Waals surface area contributed by atoms with Gasteiger partial charge in [0.25, 0.3) is 5.91 Å². The summed E-state index contributed by atoms with van der Waals surface area (Å²) in [5.41, 5.74) is 0.692. The van der Waals surface area contributed by atoms with E-state index in [0.29, 0.717) is 32.7 Å². The Hall–Kier alpha value is -2.60. The van der Waals surface area contributed by atoms with Crippen molar-refractivity contribution in [3.63, 3.8) is 0 Å². The number of imide groups is 1. The monoisotopic (exact) mass is 446 g/mol. The molecular weight excluding hydrogens is 433 g/mol. The van der Waals surface area contributed by atoms with Crippen molar-refractivity contribution in [3.05, 3.63) is 98.7 Å². The maximum atomic E-state index is 12.8. The van der Waals surface area contributed by atoms with Crippen LogP contribution in [0.3, 0.4) is 0 Å². The molecule has 8 heteroatoms. The fraction of sp³-hybridized carbons (Fsp3) is 0.0952. The second-order valence-corrected chi connectivity index (χ2v) is 7.88. The summed E-state index contributed by atoms with van der Waals surface area (Å²) >= 11 is 18.5. The Morgan fingerprint density at radius 1 is 0.828 bits per heavy atom. The van der Waals surface area contributed by atoms with Crippen LogP contribution < -0.4 is 15.2 Å². The van der Waals surface area contributed by atoms with E-state index in [-0.39, 0.29) is 0 Å². The van der Waals surface area contributed by atoms with Gasteiger partial charge in [-0.25, -0.2) is 9.36 Å². The topological polar surface area (TPSA) is 62.1 Å². The minimum Gasteiger partial charge on any atom is -0.316 e. The van der Waals surface area contributed by atoms with Crippen LogP contribution in [-0.2, 0) is 16.9 Å². The highest BCUT2D eigenvalue weighted by Gasteiger charge is 2.49. The number of hydrogen-bond acceptors (Lipinski definition) is 2. The van der Waals surface area contributed by atoms with Gasteiger partial charge in [-0.2, -0.15) is 0 Å². The lowest BCUT2D eigenvalue weighted by atomic mass is 9.83. The molecule has 2 aromatic carbocycles. The molecule has 1 aromatic heterocycles. The first-order valence-corrected chi connectivity index (χ1v) is 9.85. The Morgan fingerprint density at radius 2 is 1.41 bits per heavy atom. The molecule has 0 saturated carbocycles. The van der Waals surface area contributed by atoms with Crippen LogP contribution in [0, 0.1) is 0 Å². The summed E-state index contributed by atoms with van der Waals surface area (Å²) < 4.78 is 1.89. The highest BCUT2D eigenvalue weighted by Crippen LogP contribution is 2.33. The van der Waals surface area contributed by atoms with Crippen LogP contribution >= 0.6 is 34.8 Å². The molecule has 1 aliphatic rings. The van der Waals surface area contributed by atoms with Crippen molar-refractivity contribution < 1.29 is 14.2 Å². The lowest BCUT2D eigenvalue weighted by Crippen LogP contribution is -2.45. The molecule has 0 aliphatic carbocycles. The van der Waals surface area contributed by atoms with Crippen molar-refractivity contribution in [2.24, 2.45) is 0 Å². The zero-order valence-corrected chi connectivity index (χ0v) is 17.2. The molecule has 1 atom stereocenters. The quantitative estimate of drug-likeness (QED) is 0.468. The van der Waals surface area contributed by atoms with Gasteiger partial charge in [0.15, 0.2) is 24.5 Å². The van der Waals surface area contributed by atoms with Gasteiger partial charge < -0.3 is 5.32 Å². The van der Waals surface area contributed by atoms with Gasteiger partial charge >= 0.3 is 6.03 Å². The molecule has 5 nitrogen and oxygen atoms in total. The number of pyridine rings is 1. The van der Waals surface area contributed by atoms with Crippen LogP contribution in [0.4, 0.5) is 4.79 Å². The van der Waals surface area contributed by atoms with E-state index in [1.165, 1.54) is 0 Å². The van der Waals surface area contributed by atoms with Crippen LogP contribution in [0.1, 0.15) is 16.7 Å². The Bertz CT molecular complexity index is 1080. The molecule has 1 fully saturated rings. The third-order valence-corrected chi connectivity index (χ3v) is 5.83. The van der Waals surface area contributed by atoms with Gasteiger partial charge in [-0.15, -0.1) is 0 Å². The average Bonchev–Trinajstić information content (AvgIpc) is 3.01. The third kappa shape index (κ3) is 3.57. The van der Waals surface area contributed by atoms with Crippen LogP contribution in [0.15, 0.2) is 67.0 Å². The highest BCUT2D eigenvalue weighted by atomic mass is 35.5. The van der Waals surface area contributed by atoms with Gasteiger partial charge in [0.05, 0.1) is 15.6 Å². The van der Waals surface area contributed by atoms with Crippen LogP contribution in [0.25, 0.3) is 0 Å². The second kappa shape index (κ2) is 7.67. The fourth-order valence-corrected chi connectivity index (χ4v) is 4.05. The van der Waals surface area contributed by atoms with Gasteiger partial charge in [0.2, 0.25) is 0 Å². The standard InChI is InChI=1S/C21H14Cl3N3O2/c22-15-6-4-13(5-7-15)21(19(28)25-20(29)26-21)14-8-10-27(11-9-14)12-16-17(23)2-1-3-18(16)24/h1-11H,12H2,(H-,25,26,28,29)/p+1. The van der Waals surface area contributed by atoms with Crippen LogP contribution in [-0.4, -0.2) is 11.9 Å². The number of nitrogens with one attached hydrogen (secondary N) is 2. The number of nitrogens with zero attached hydrogens (tertiary/aromatic N) is 1. The minimum absolute atomic E-state index is 0.447. The van der Waals surface area contributed by atoms with E-state index in [2.05, 4.69) is 10.6 Å². The smallest absolute Gasteiger partial charge is 0.316 e. The molecule has 2 heterocycles. The number of amides is 3. The van der Waals surface area contributed by atoms with E-state index < -0.39 is 17.5 Å². The predicted molar refractivity (Wildman–Crippen MR) is 111 cm³/mol. The predicted octanol–water partition coefficient (Wildman–Crippen LogP) is 4.07. The second-order valence-electron chi connectivity index (χ2n) is 6.62. The molecule has 0 radical (unpaired) electrons. The molecule has 3 amide bonds. The first kappa shape index (κ1) is 19.7. The van der Waals surface area contributed by atoms with Crippen LogP contribution in [0.2, 0.25) is 15.1 Å². The Kier molecular flexibility index (Phi) is 5.21. The summed E-state index contributed by atoms with van der Waals surface area (Å²) in [4.78, 5) is 24.8. The number of hydrogen-bond donors (Lipinski definition) is 2. The van der Waals surface area contributed by atoms with E-state index in [9.17, 15) is 9.59 Å². The summed E-state index contributed by atoms with van der Waals surface area (Å²) in [5, 5.41) is 6.78. The normalized spacial score (nSPS) is 18.4. The number of urea groups is 1. The van der Waals surface area contributed by atoms with Gasteiger partial charge in [-0.3, -0.25) is 10.1 Å². The third-order valence-electron chi connectivity index (χ3n) is 4.87. The van der Waals surface area contributed by atoms with E-state index in [4.69, 9.17) is 34.8 Å².